The lowest BCUT2D eigenvalue weighted by atomic mass is 10.0. The van der Waals surface area contributed by atoms with Crippen LogP contribution in [0.25, 0.3) is 11.3 Å². The monoisotopic (exact) mass is 474 g/mol. The van der Waals surface area contributed by atoms with Crippen LogP contribution in [0.1, 0.15) is 39.1 Å². The molecule has 0 atom stereocenters. The topological polar surface area (TPSA) is 100 Å². The van der Waals surface area contributed by atoms with Gasteiger partial charge < -0.3 is 5.73 Å². The number of pyridine rings is 1. The van der Waals surface area contributed by atoms with Crippen molar-refractivity contribution < 1.29 is 38.9 Å². The fourth-order valence-corrected chi connectivity index (χ4v) is 3.29. The highest BCUT2D eigenvalue weighted by molar-refractivity contribution is 7.87. The van der Waals surface area contributed by atoms with Gasteiger partial charge in [0.25, 0.3) is 0 Å². The molecular formula is C17H20F6N4O3S. The molecule has 0 unspecified atom stereocenters. The minimum atomic E-state index is -5.90. The summed E-state index contributed by atoms with van der Waals surface area (Å²) in [5.74, 6) is 0. The van der Waals surface area contributed by atoms with Crippen molar-refractivity contribution in [3.05, 3.63) is 35.8 Å². The largest absolute Gasteiger partial charge is 0.523 e. The molecule has 0 saturated carbocycles. The zero-order chi connectivity index (χ0) is 24.0. The molecule has 0 bridgehead atoms. The van der Waals surface area contributed by atoms with E-state index in [1.54, 1.807) is 13.8 Å². The molecule has 7 nitrogen and oxygen atoms in total. The third-order valence-corrected chi connectivity index (χ3v) is 5.11. The smallest absolute Gasteiger partial charge is 0.324 e. The summed E-state index contributed by atoms with van der Waals surface area (Å²) in [6, 6.07) is 3.21. The first kappa shape index (κ1) is 25.1. The van der Waals surface area contributed by atoms with Gasteiger partial charge in [-0.1, -0.05) is 0 Å². The Morgan fingerprint density at radius 2 is 1.61 bits per heavy atom. The van der Waals surface area contributed by atoms with Crippen molar-refractivity contribution in [3.8, 4) is 11.3 Å². The summed E-state index contributed by atoms with van der Waals surface area (Å²) >= 11 is 0. The van der Waals surface area contributed by atoms with Gasteiger partial charge in [0.05, 0.1) is 17.9 Å². The van der Waals surface area contributed by atoms with Crippen molar-refractivity contribution in [1.82, 2.24) is 14.8 Å². The average molecular weight is 474 g/mol. The van der Waals surface area contributed by atoms with Crippen LogP contribution in [0.5, 0.6) is 0 Å². The summed E-state index contributed by atoms with van der Waals surface area (Å²) in [4.78, 5) is 3.89. The van der Waals surface area contributed by atoms with Crippen LogP contribution >= 0.6 is 0 Å². The van der Waals surface area contributed by atoms with E-state index in [-0.39, 0.29) is 23.5 Å². The Labute approximate surface area is 174 Å². The van der Waals surface area contributed by atoms with E-state index in [1.165, 1.54) is 6.07 Å². The van der Waals surface area contributed by atoms with Crippen LogP contribution in [0.3, 0.4) is 0 Å². The Morgan fingerprint density at radius 3 is 2.03 bits per heavy atom. The van der Waals surface area contributed by atoms with E-state index in [0.29, 0.717) is 0 Å². The Hall–Kier alpha value is -2.19. The molecule has 2 aromatic heterocycles. The van der Waals surface area contributed by atoms with Gasteiger partial charge in [-0.2, -0.15) is 39.9 Å². The maximum absolute atomic E-state index is 13.1. The van der Waals surface area contributed by atoms with E-state index in [0.717, 1.165) is 36.9 Å². The molecule has 2 rings (SSSR count). The van der Waals surface area contributed by atoms with Crippen LogP contribution < -0.4 is 5.73 Å². The summed E-state index contributed by atoms with van der Waals surface area (Å²) in [7, 11) is -5.90. The van der Waals surface area contributed by atoms with Crippen molar-refractivity contribution >= 4 is 10.1 Å². The first-order chi connectivity index (χ1) is 13.7. The van der Waals surface area contributed by atoms with Crippen LogP contribution in [0.15, 0.2) is 24.4 Å². The first-order valence-corrected chi connectivity index (χ1v) is 10.1. The number of nitrogens with zero attached hydrogens (tertiary/aromatic N) is 3. The molecule has 14 heteroatoms. The summed E-state index contributed by atoms with van der Waals surface area (Å²) in [6.07, 6.45) is -3.63. The molecule has 0 saturated heterocycles. The van der Waals surface area contributed by atoms with E-state index in [1.807, 2.05) is 0 Å². The second-order valence-corrected chi connectivity index (χ2v) is 9.52. The molecule has 0 fully saturated rings. The highest BCUT2D eigenvalue weighted by atomic mass is 32.2. The van der Waals surface area contributed by atoms with Gasteiger partial charge in [-0.25, -0.2) is 0 Å². The molecule has 0 aliphatic heterocycles. The number of alkyl halides is 6. The van der Waals surface area contributed by atoms with Crippen molar-refractivity contribution in [1.29, 1.82) is 0 Å². The zero-order valence-corrected chi connectivity index (χ0v) is 17.7. The molecule has 0 aliphatic carbocycles. The number of hydrogen-bond acceptors (Lipinski definition) is 6. The summed E-state index contributed by atoms with van der Waals surface area (Å²) in [5, 5.41) is 3.54. The van der Waals surface area contributed by atoms with Crippen molar-refractivity contribution in [2.45, 2.75) is 57.1 Å². The van der Waals surface area contributed by atoms with Gasteiger partial charge in [-0.3, -0.25) is 13.8 Å². The first-order valence-electron chi connectivity index (χ1n) is 8.66. The lowest BCUT2D eigenvalue weighted by Crippen LogP contribution is -2.37. The minimum absolute atomic E-state index is 0.0199. The predicted molar refractivity (Wildman–Crippen MR) is 97.8 cm³/mol. The second-order valence-electron chi connectivity index (χ2n) is 7.98. The molecule has 31 heavy (non-hydrogen) atoms. The van der Waals surface area contributed by atoms with E-state index in [9.17, 15) is 34.8 Å². The standard InChI is InChI=1S/C17H20F6N4O3S/c1-14(2,24)9-27-11(7-13(26-27)16(18,19)20)10-5-6-12(25-8-10)15(3,4)30-31(28,29)17(21,22)23/h5-8H,9,24H2,1-4H3. The number of nitrogens with two attached hydrogens (primary N) is 1. The third kappa shape index (κ3) is 5.95. The fourth-order valence-electron chi connectivity index (χ4n) is 2.56. The quantitative estimate of drug-likeness (QED) is 0.388. The number of rotatable bonds is 6. The van der Waals surface area contributed by atoms with Crippen molar-refractivity contribution in [2.24, 2.45) is 5.73 Å². The molecule has 0 amide bonds. The van der Waals surface area contributed by atoms with Crippen LogP contribution in [0.4, 0.5) is 26.3 Å². The Morgan fingerprint density at radius 1 is 1.03 bits per heavy atom. The van der Waals surface area contributed by atoms with E-state index >= 15 is 0 Å². The minimum Gasteiger partial charge on any atom is -0.324 e. The summed E-state index contributed by atoms with van der Waals surface area (Å²) < 4.78 is 105. The molecule has 0 radical (unpaired) electrons. The van der Waals surface area contributed by atoms with Crippen LogP contribution in [0, 0.1) is 0 Å². The molecule has 0 aromatic carbocycles. The molecule has 174 valence electrons. The van der Waals surface area contributed by atoms with Gasteiger partial charge in [0, 0.05) is 17.3 Å². The maximum Gasteiger partial charge on any atom is 0.523 e. The summed E-state index contributed by atoms with van der Waals surface area (Å²) in [5.41, 5.74) is -3.81. The van der Waals surface area contributed by atoms with E-state index in [4.69, 9.17) is 5.73 Å². The van der Waals surface area contributed by atoms with Crippen molar-refractivity contribution in [2.75, 3.05) is 0 Å². The molecule has 2 heterocycles. The van der Waals surface area contributed by atoms with Gasteiger partial charge in [-0.15, -0.1) is 0 Å². The molecule has 2 aromatic rings. The average Bonchev–Trinajstić information content (AvgIpc) is 2.95. The molecule has 2 N–H and O–H groups in total. The van der Waals surface area contributed by atoms with Gasteiger partial charge in [0.15, 0.2) is 5.69 Å². The van der Waals surface area contributed by atoms with Crippen molar-refractivity contribution in [3.63, 3.8) is 0 Å². The van der Waals surface area contributed by atoms with Crippen LogP contribution in [-0.2, 0) is 32.6 Å². The number of aromatic nitrogens is 3. The molecule has 0 aliphatic rings. The number of halogens is 6. The lowest BCUT2D eigenvalue weighted by molar-refractivity contribution is -0.141. The van der Waals surface area contributed by atoms with Gasteiger partial charge in [-0.05, 0) is 45.9 Å². The fraction of sp³-hybridized carbons (Fsp3) is 0.529. The van der Waals surface area contributed by atoms with Gasteiger partial charge in [0.2, 0.25) is 0 Å². The SMILES string of the molecule is CC(C)(N)Cn1nc(C(F)(F)F)cc1-c1ccc(C(C)(C)OS(=O)(=O)C(F)(F)F)nc1. The normalized spacial score (nSPS) is 14.2. The van der Waals surface area contributed by atoms with Gasteiger partial charge in [0.1, 0.15) is 5.60 Å². The van der Waals surface area contributed by atoms with Crippen LogP contribution in [0.2, 0.25) is 0 Å². The molecular weight excluding hydrogens is 454 g/mol. The van der Waals surface area contributed by atoms with Gasteiger partial charge >= 0.3 is 21.8 Å². The second kappa shape index (κ2) is 7.74. The lowest BCUT2D eigenvalue weighted by Gasteiger charge is -2.24. The Kier molecular flexibility index (Phi) is 6.26. The van der Waals surface area contributed by atoms with Crippen LogP contribution in [-0.4, -0.2) is 34.2 Å². The maximum atomic E-state index is 13.1. The Bertz CT molecular complexity index is 1040. The predicted octanol–water partition coefficient (Wildman–Crippen LogP) is 3.80. The highest BCUT2D eigenvalue weighted by Crippen LogP contribution is 2.35. The third-order valence-electron chi connectivity index (χ3n) is 3.91. The zero-order valence-electron chi connectivity index (χ0n) is 16.8. The van der Waals surface area contributed by atoms with E-state index < -0.39 is 38.6 Å². The summed E-state index contributed by atoms with van der Waals surface area (Å²) in [6.45, 7) is 5.23. The Balaban J connectivity index is 2.44. The molecule has 0 spiro atoms. The highest BCUT2D eigenvalue weighted by Gasteiger charge is 2.50. The number of hydrogen-bond donors (Lipinski definition) is 1. The van der Waals surface area contributed by atoms with E-state index in [2.05, 4.69) is 14.3 Å².